The van der Waals surface area contributed by atoms with Gasteiger partial charge in [0.25, 0.3) is 0 Å². The highest BCUT2D eigenvalue weighted by Crippen LogP contribution is 2.44. The average Bonchev–Trinajstić information content (AvgIpc) is 3.09. The molecule has 3 nitrogen and oxygen atoms in total. The largest absolute Gasteiger partial charge is 0.448 e. The predicted molar refractivity (Wildman–Crippen MR) is 120 cm³/mol. The zero-order valence-electron chi connectivity index (χ0n) is 17.4. The lowest BCUT2D eigenvalue weighted by atomic mass is 9.98. The Morgan fingerprint density at radius 3 is 2.32 bits per heavy atom. The van der Waals surface area contributed by atoms with Crippen molar-refractivity contribution in [2.45, 2.75) is 25.3 Å². The van der Waals surface area contributed by atoms with E-state index in [-0.39, 0.29) is 30.9 Å². The van der Waals surface area contributed by atoms with Gasteiger partial charge in [0.05, 0.1) is 6.54 Å². The van der Waals surface area contributed by atoms with E-state index in [1.165, 1.54) is 28.2 Å². The second-order valence-corrected chi connectivity index (χ2v) is 7.82. The molecule has 1 aliphatic rings. The van der Waals surface area contributed by atoms with E-state index in [4.69, 9.17) is 11.2 Å². The highest BCUT2D eigenvalue weighted by molar-refractivity contribution is 5.79. The van der Waals surface area contributed by atoms with Crippen LogP contribution in [0.15, 0.2) is 72.8 Å². The molecule has 31 heavy (non-hydrogen) atoms. The van der Waals surface area contributed by atoms with Crippen LogP contribution in [-0.4, -0.2) is 30.2 Å². The summed E-state index contributed by atoms with van der Waals surface area (Å²) in [6, 6.07) is 22.6. The lowest BCUT2D eigenvalue weighted by molar-refractivity contribution is 0.0921. The van der Waals surface area contributed by atoms with Gasteiger partial charge in [-0.2, -0.15) is 0 Å². The molecule has 1 unspecified atom stereocenters. The standard InChI is InChI=1S/C27H24FNO2/c1-3-15-29(19(2)16-20-9-8-10-21(28)17-20)27(30)31-18-26-24-13-6-4-11-22(24)23-12-5-7-14-25(23)26/h1,4-14,17,19,26H,15-16,18H2,2H3. The van der Waals surface area contributed by atoms with Gasteiger partial charge in [-0.3, -0.25) is 4.90 Å². The number of fused-ring (bicyclic) bond motifs is 3. The molecule has 1 aliphatic carbocycles. The van der Waals surface area contributed by atoms with Gasteiger partial charge in [-0.15, -0.1) is 6.42 Å². The van der Waals surface area contributed by atoms with Crippen LogP contribution in [0.25, 0.3) is 11.1 Å². The number of hydrogen-bond donors (Lipinski definition) is 0. The first-order valence-corrected chi connectivity index (χ1v) is 10.4. The Morgan fingerprint density at radius 1 is 1.06 bits per heavy atom. The van der Waals surface area contributed by atoms with Gasteiger partial charge in [0.15, 0.2) is 0 Å². The Bertz CT molecular complexity index is 1090. The second kappa shape index (κ2) is 9.06. The van der Waals surface area contributed by atoms with Crippen LogP contribution in [0.4, 0.5) is 9.18 Å². The van der Waals surface area contributed by atoms with Crippen molar-refractivity contribution in [1.29, 1.82) is 0 Å². The quantitative estimate of drug-likeness (QED) is 0.490. The van der Waals surface area contributed by atoms with Gasteiger partial charge in [0.2, 0.25) is 0 Å². The molecule has 0 saturated carbocycles. The smallest absolute Gasteiger partial charge is 0.410 e. The number of halogens is 1. The van der Waals surface area contributed by atoms with Crippen molar-refractivity contribution >= 4 is 6.09 Å². The maximum atomic E-state index is 13.5. The molecule has 3 aromatic rings. The Hall–Kier alpha value is -3.58. The molecule has 0 spiro atoms. The number of hydrogen-bond acceptors (Lipinski definition) is 2. The first kappa shape index (κ1) is 20.7. The third-order valence-corrected chi connectivity index (χ3v) is 5.78. The number of benzene rings is 3. The minimum atomic E-state index is -0.455. The van der Waals surface area contributed by atoms with Crippen molar-refractivity contribution in [3.63, 3.8) is 0 Å². The maximum Gasteiger partial charge on any atom is 0.410 e. The minimum Gasteiger partial charge on any atom is -0.448 e. The van der Waals surface area contributed by atoms with E-state index in [0.29, 0.717) is 6.42 Å². The molecule has 0 fully saturated rings. The third-order valence-electron chi connectivity index (χ3n) is 5.78. The number of rotatable bonds is 6. The fourth-order valence-corrected chi connectivity index (χ4v) is 4.29. The monoisotopic (exact) mass is 413 g/mol. The summed E-state index contributed by atoms with van der Waals surface area (Å²) in [4.78, 5) is 14.5. The van der Waals surface area contributed by atoms with Crippen LogP contribution in [0.3, 0.4) is 0 Å². The van der Waals surface area contributed by atoms with E-state index in [1.807, 2.05) is 37.3 Å². The van der Waals surface area contributed by atoms with E-state index in [1.54, 1.807) is 6.07 Å². The summed E-state index contributed by atoms with van der Waals surface area (Å²) in [6.45, 7) is 2.26. The molecule has 0 heterocycles. The number of carbonyl (C=O) groups excluding carboxylic acids is 1. The molecule has 0 N–H and O–H groups in total. The van der Waals surface area contributed by atoms with Crippen molar-refractivity contribution < 1.29 is 13.9 Å². The third kappa shape index (κ3) is 4.32. The number of nitrogens with zero attached hydrogens (tertiary/aromatic N) is 1. The van der Waals surface area contributed by atoms with Crippen LogP contribution in [0.1, 0.15) is 29.5 Å². The Morgan fingerprint density at radius 2 is 1.71 bits per heavy atom. The van der Waals surface area contributed by atoms with E-state index in [0.717, 1.165) is 16.7 Å². The van der Waals surface area contributed by atoms with Gasteiger partial charge in [-0.25, -0.2) is 9.18 Å². The number of terminal acetylenes is 1. The van der Waals surface area contributed by atoms with Gasteiger partial charge in [-0.1, -0.05) is 66.6 Å². The molecule has 4 heteroatoms. The number of ether oxygens (including phenoxy) is 1. The summed E-state index contributed by atoms with van der Waals surface area (Å²) < 4.78 is 19.3. The number of carbonyl (C=O) groups is 1. The minimum absolute atomic E-state index is 0.0115. The van der Waals surface area contributed by atoms with Gasteiger partial charge in [0, 0.05) is 12.0 Å². The van der Waals surface area contributed by atoms with Gasteiger partial charge in [0.1, 0.15) is 12.4 Å². The van der Waals surface area contributed by atoms with Crippen LogP contribution in [0, 0.1) is 18.2 Å². The highest BCUT2D eigenvalue weighted by Gasteiger charge is 2.30. The normalized spacial score (nSPS) is 13.1. The van der Waals surface area contributed by atoms with Crippen molar-refractivity contribution in [2.75, 3.05) is 13.2 Å². The Kier molecular flexibility index (Phi) is 6.04. The molecule has 4 rings (SSSR count). The molecule has 1 atom stereocenters. The second-order valence-electron chi connectivity index (χ2n) is 7.82. The summed E-state index contributed by atoms with van der Waals surface area (Å²) in [6.07, 6.45) is 5.54. The predicted octanol–water partition coefficient (Wildman–Crippen LogP) is 5.64. The Balaban J connectivity index is 1.48. The van der Waals surface area contributed by atoms with Crippen molar-refractivity contribution in [1.82, 2.24) is 4.90 Å². The van der Waals surface area contributed by atoms with Crippen LogP contribution in [0.2, 0.25) is 0 Å². The zero-order chi connectivity index (χ0) is 21.8. The first-order valence-electron chi connectivity index (χ1n) is 10.4. The Labute approximate surface area is 182 Å². The molecule has 3 aromatic carbocycles. The van der Waals surface area contributed by atoms with E-state index < -0.39 is 6.09 Å². The van der Waals surface area contributed by atoms with E-state index >= 15 is 0 Å². The van der Waals surface area contributed by atoms with Crippen LogP contribution < -0.4 is 0 Å². The van der Waals surface area contributed by atoms with Crippen molar-refractivity contribution in [2.24, 2.45) is 0 Å². The van der Waals surface area contributed by atoms with Crippen LogP contribution in [0.5, 0.6) is 0 Å². The topological polar surface area (TPSA) is 29.5 Å². The highest BCUT2D eigenvalue weighted by atomic mass is 19.1. The summed E-state index contributed by atoms with van der Waals surface area (Å²) in [5.74, 6) is 2.23. The molecular weight excluding hydrogens is 389 g/mol. The van der Waals surface area contributed by atoms with Gasteiger partial charge >= 0.3 is 6.09 Å². The molecule has 0 radical (unpaired) electrons. The zero-order valence-corrected chi connectivity index (χ0v) is 17.4. The lowest BCUT2D eigenvalue weighted by Gasteiger charge is -2.27. The van der Waals surface area contributed by atoms with Gasteiger partial charge < -0.3 is 4.74 Å². The van der Waals surface area contributed by atoms with Crippen molar-refractivity contribution in [3.05, 3.63) is 95.3 Å². The van der Waals surface area contributed by atoms with Gasteiger partial charge in [-0.05, 0) is 53.3 Å². The van der Waals surface area contributed by atoms with Crippen molar-refractivity contribution in [3.8, 4) is 23.5 Å². The fourth-order valence-electron chi connectivity index (χ4n) is 4.29. The summed E-state index contributed by atoms with van der Waals surface area (Å²) in [7, 11) is 0. The molecule has 0 aromatic heterocycles. The van der Waals surface area contributed by atoms with E-state index in [2.05, 4.69) is 30.2 Å². The van der Waals surface area contributed by atoms with Crippen LogP contribution in [-0.2, 0) is 11.2 Å². The molecule has 1 amide bonds. The molecule has 0 bridgehead atoms. The first-order chi connectivity index (χ1) is 15.1. The van der Waals surface area contributed by atoms with E-state index in [9.17, 15) is 9.18 Å². The lowest BCUT2D eigenvalue weighted by Crippen LogP contribution is -2.41. The molecule has 0 aliphatic heterocycles. The summed E-state index contributed by atoms with van der Waals surface area (Å²) >= 11 is 0. The molecular formula is C27H24FNO2. The summed E-state index contributed by atoms with van der Waals surface area (Å²) in [5, 5.41) is 0. The fraction of sp³-hybridized carbons (Fsp3) is 0.222. The SMILES string of the molecule is C#CCN(C(=O)OCC1c2ccccc2-c2ccccc21)C(C)Cc1cccc(F)c1. The molecule has 0 saturated heterocycles. The van der Waals surface area contributed by atoms with Crippen LogP contribution >= 0.6 is 0 Å². The maximum absolute atomic E-state index is 13.5. The molecule has 156 valence electrons. The number of amides is 1. The average molecular weight is 413 g/mol. The summed E-state index contributed by atoms with van der Waals surface area (Å²) in [5.41, 5.74) is 5.49.